The Hall–Kier alpha value is -2.17. The number of amides is 3. The second-order valence-electron chi connectivity index (χ2n) is 7.22. The molecular formula is C21H30IN5O3. The Morgan fingerprint density at radius 1 is 1.03 bits per heavy atom. The SMILES string of the molecule is CCNC(=NCC(=O)N1CCCC1)NCCCCN1C(=O)c2ccccc2C1=O.I. The zero-order chi connectivity index (χ0) is 20.6. The molecule has 2 aliphatic rings. The lowest BCUT2D eigenvalue weighted by atomic mass is 10.1. The fourth-order valence-electron chi connectivity index (χ4n) is 3.60. The van der Waals surface area contributed by atoms with Crippen LogP contribution < -0.4 is 10.6 Å². The summed E-state index contributed by atoms with van der Waals surface area (Å²) in [5.74, 6) is 0.244. The number of nitrogens with one attached hydrogen (secondary N) is 2. The molecule has 3 rings (SSSR count). The van der Waals surface area contributed by atoms with Crippen molar-refractivity contribution in [1.82, 2.24) is 20.4 Å². The average Bonchev–Trinajstić information content (AvgIpc) is 3.35. The second-order valence-corrected chi connectivity index (χ2v) is 7.22. The van der Waals surface area contributed by atoms with Gasteiger partial charge in [-0.15, -0.1) is 24.0 Å². The zero-order valence-corrected chi connectivity index (χ0v) is 19.7. The highest BCUT2D eigenvalue weighted by Gasteiger charge is 2.34. The van der Waals surface area contributed by atoms with Crippen molar-refractivity contribution in [3.8, 4) is 0 Å². The smallest absolute Gasteiger partial charge is 0.261 e. The van der Waals surface area contributed by atoms with Crippen molar-refractivity contribution in [2.24, 2.45) is 4.99 Å². The van der Waals surface area contributed by atoms with Gasteiger partial charge >= 0.3 is 0 Å². The normalized spacial score (nSPS) is 15.8. The molecule has 3 amide bonds. The Kier molecular flexibility index (Phi) is 9.54. The van der Waals surface area contributed by atoms with Crippen molar-refractivity contribution in [3.05, 3.63) is 35.4 Å². The van der Waals surface area contributed by atoms with Gasteiger partial charge in [0.2, 0.25) is 5.91 Å². The molecule has 1 aromatic rings. The molecule has 8 nitrogen and oxygen atoms in total. The first-order valence-corrected chi connectivity index (χ1v) is 10.4. The highest BCUT2D eigenvalue weighted by Crippen LogP contribution is 2.22. The summed E-state index contributed by atoms with van der Waals surface area (Å²) in [6.07, 6.45) is 3.62. The summed E-state index contributed by atoms with van der Waals surface area (Å²) in [6.45, 7) is 5.53. The van der Waals surface area contributed by atoms with E-state index >= 15 is 0 Å². The molecule has 0 aromatic heterocycles. The van der Waals surface area contributed by atoms with Crippen LogP contribution in [-0.2, 0) is 4.79 Å². The Balaban J connectivity index is 0.00000320. The Bertz CT molecular complexity index is 758. The molecule has 2 N–H and O–H groups in total. The van der Waals surface area contributed by atoms with E-state index in [1.54, 1.807) is 24.3 Å². The number of unbranched alkanes of at least 4 members (excludes halogenated alkanes) is 1. The molecule has 164 valence electrons. The Morgan fingerprint density at radius 2 is 1.67 bits per heavy atom. The van der Waals surface area contributed by atoms with E-state index in [-0.39, 0.29) is 48.2 Å². The van der Waals surface area contributed by atoms with Crippen LogP contribution in [0.15, 0.2) is 29.3 Å². The van der Waals surface area contributed by atoms with E-state index in [4.69, 9.17) is 0 Å². The van der Waals surface area contributed by atoms with E-state index in [0.717, 1.165) is 32.4 Å². The first-order chi connectivity index (χ1) is 14.1. The van der Waals surface area contributed by atoms with Gasteiger partial charge in [0.25, 0.3) is 11.8 Å². The van der Waals surface area contributed by atoms with Crippen molar-refractivity contribution in [2.75, 3.05) is 39.3 Å². The van der Waals surface area contributed by atoms with Gasteiger partial charge in [-0.25, -0.2) is 4.99 Å². The van der Waals surface area contributed by atoms with E-state index in [9.17, 15) is 14.4 Å². The third-order valence-electron chi connectivity index (χ3n) is 5.15. The summed E-state index contributed by atoms with van der Waals surface area (Å²) in [7, 11) is 0. The highest BCUT2D eigenvalue weighted by atomic mass is 127. The summed E-state index contributed by atoms with van der Waals surface area (Å²) < 4.78 is 0. The van der Waals surface area contributed by atoms with Crippen molar-refractivity contribution >= 4 is 47.7 Å². The summed E-state index contributed by atoms with van der Waals surface area (Å²) in [4.78, 5) is 44.4. The summed E-state index contributed by atoms with van der Waals surface area (Å²) >= 11 is 0. The zero-order valence-electron chi connectivity index (χ0n) is 17.4. The lowest BCUT2D eigenvalue weighted by molar-refractivity contribution is -0.128. The lowest BCUT2D eigenvalue weighted by Gasteiger charge is -2.16. The van der Waals surface area contributed by atoms with E-state index in [0.29, 0.717) is 43.1 Å². The van der Waals surface area contributed by atoms with Gasteiger partial charge in [-0.3, -0.25) is 19.3 Å². The van der Waals surface area contributed by atoms with Crippen LogP contribution >= 0.6 is 24.0 Å². The molecule has 1 saturated heterocycles. The molecule has 1 aromatic carbocycles. The summed E-state index contributed by atoms with van der Waals surface area (Å²) in [5, 5.41) is 6.35. The van der Waals surface area contributed by atoms with Gasteiger partial charge in [0.05, 0.1) is 11.1 Å². The minimum absolute atomic E-state index is 0. The quantitative estimate of drug-likeness (QED) is 0.177. The van der Waals surface area contributed by atoms with Crippen LogP contribution in [0.5, 0.6) is 0 Å². The third-order valence-corrected chi connectivity index (χ3v) is 5.15. The Morgan fingerprint density at radius 3 is 2.27 bits per heavy atom. The number of halogens is 1. The maximum absolute atomic E-state index is 12.3. The van der Waals surface area contributed by atoms with Gasteiger partial charge < -0.3 is 15.5 Å². The number of carbonyl (C=O) groups excluding carboxylic acids is 3. The first-order valence-electron chi connectivity index (χ1n) is 10.4. The van der Waals surface area contributed by atoms with Crippen LogP contribution in [0.1, 0.15) is 53.3 Å². The molecule has 0 unspecified atom stereocenters. The number of nitrogens with zero attached hydrogens (tertiary/aromatic N) is 3. The number of fused-ring (bicyclic) bond motifs is 1. The van der Waals surface area contributed by atoms with Gasteiger partial charge in [0.15, 0.2) is 5.96 Å². The highest BCUT2D eigenvalue weighted by molar-refractivity contribution is 14.0. The molecule has 2 heterocycles. The van der Waals surface area contributed by atoms with Crippen LogP contribution in [0.2, 0.25) is 0 Å². The van der Waals surface area contributed by atoms with Crippen LogP contribution in [0.3, 0.4) is 0 Å². The molecular weight excluding hydrogens is 497 g/mol. The average molecular weight is 527 g/mol. The fraction of sp³-hybridized carbons (Fsp3) is 0.524. The van der Waals surface area contributed by atoms with Gasteiger partial charge in [-0.1, -0.05) is 12.1 Å². The third kappa shape index (κ3) is 5.93. The minimum atomic E-state index is -0.214. The number of aliphatic imine (C=N–C) groups is 1. The molecule has 0 aliphatic carbocycles. The van der Waals surface area contributed by atoms with Crippen molar-refractivity contribution in [1.29, 1.82) is 0 Å². The predicted octanol–water partition coefficient (Wildman–Crippen LogP) is 1.86. The predicted molar refractivity (Wildman–Crippen MR) is 126 cm³/mol. The van der Waals surface area contributed by atoms with Crippen LogP contribution in [-0.4, -0.2) is 72.7 Å². The monoisotopic (exact) mass is 527 g/mol. The standard InChI is InChI=1S/C21H29N5O3.HI/c1-2-22-21(24-15-18(27)25-12-7-8-13-25)23-11-5-6-14-26-19(28)16-9-3-4-10-17(16)20(26)29;/h3-4,9-10H,2,5-8,11-15H2,1H3,(H2,22,23,24);1H. The van der Waals surface area contributed by atoms with E-state index in [1.165, 1.54) is 4.90 Å². The number of benzene rings is 1. The van der Waals surface area contributed by atoms with Crippen LogP contribution in [0.25, 0.3) is 0 Å². The van der Waals surface area contributed by atoms with E-state index in [2.05, 4.69) is 15.6 Å². The molecule has 9 heteroatoms. The molecule has 0 saturated carbocycles. The number of carbonyl (C=O) groups is 3. The van der Waals surface area contributed by atoms with Gasteiger partial charge in [0.1, 0.15) is 6.54 Å². The number of hydrogen-bond donors (Lipinski definition) is 2. The van der Waals surface area contributed by atoms with Crippen LogP contribution in [0, 0.1) is 0 Å². The molecule has 2 aliphatic heterocycles. The summed E-state index contributed by atoms with van der Waals surface area (Å²) in [6, 6.07) is 6.93. The molecule has 30 heavy (non-hydrogen) atoms. The van der Waals surface area contributed by atoms with Gasteiger partial charge in [-0.2, -0.15) is 0 Å². The number of likely N-dealkylation sites (tertiary alicyclic amines) is 1. The van der Waals surface area contributed by atoms with E-state index in [1.807, 2.05) is 11.8 Å². The second kappa shape index (κ2) is 11.9. The fourth-order valence-corrected chi connectivity index (χ4v) is 3.60. The van der Waals surface area contributed by atoms with Crippen molar-refractivity contribution in [2.45, 2.75) is 32.6 Å². The number of guanidine groups is 1. The largest absolute Gasteiger partial charge is 0.357 e. The van der Waals surface area contributed by atoms with Crippen molar-refractivity contribution < 1.29 is 14.4 Å². The lowest BCUT2D eigenvalue weighted by Crippen LogP contribution is -2.39. The molecule has 0 spiro atoms. The molecule has 0 atom stereocenters. The number of rotatable bonds is 8. The van der Waals surface area contributed by atoms with E-state index < -0.39 is 0 Å². The van der Waals surface area contributed by atoms with Gasteiger partial charge in [0, 0.05) is 32.7 Å². The maximum Gasteiger partial charge on any atom is 0.261 e. The number of imide groups is 1. The van der Waals surface area contributed by atoms with Gasteiger partial charge in [-0.05, 0) is 44.7 Å². The molecule has 0 bridgehead atoms. The Labute approximate surface area is 194 Å². The van der Waals surface area contributed by atoms with Crippen LogP contribution in [0.4, 0.5) is 0 Å². The van der Waals surface area contributed by atoms with Crippen molar-refractivity contribution in [3.63, 3.8) is 0 Å². The minimum Gasteiger partial charge on any atom is -0.357 e. The topological polar surface area (TPSA) is 94.1 Å². The molecule has 1 fully saturated rings. The maximum atomic E-state index is 12.3. The number of hydrogen-bond acceptors (Lipinski definition) is 4. The molecule has 0 radical (unpaired) electrons. The summed E-state index contributed by atoms with van der Waals surface area (Å²) in [5.41, 5.74) is 0.972. The first kappa shape index (κ1) is 24.1.